The van der Waals surface area contributed by atoms with Crippen LogP contribution in [-0.2, 0) is 17.8 Å². The van der Waals surface area contributed by atoms with Crippen molar-refractivity contribution in [2.45, 2.75) is 25.1 Å². The van der Waals surface area contributed by atoms with Crippen molar-refractivity contribution in [3.05, 3.63) is 76.0 Å². The Bertz CT molecular complexity index is 1070. The van der Waals surface area contributed by atoms with Crippen molar-refractivity contribution in [1.82, 2.24) is 15.2 Å². The lowest BCUT2D eigenvalue weighted by molar-refractivity contribution is -0.131. The minimum Gasteiger partial charge on any atom is -0.489 e. The summed E-state index contributed by atoms with van der Waals surface area (Å²) in [6, 6.07) is 16.4. The van der Waals surface area contributed by atoms with Gasteiger partial charge in [-0.2, -0.15) is 5.26 Å². The highest BCUT2D eigenvalue weighted by atomic mass is 32.2. The van der Waals surface area contributed by atoms with Crippen molar-refractivity contribution in [3.63, 3.8) is 0 Å². The van der Waals surface area contributed by atoms with Crippen LogP contribution in [0.25, 0.3) is 6.08 Å². The Morgan fingerprint density at radius 1 is 1.28 bits per heavy atom. The number of rotatable bonds is 8. The molecule has 3 rings (SSSR count). The quantitative estimate of drug-likeness (QED) is 0.429. The number of nitrogens with zero attached hydrogens (tertiary/aromatic N) is 3. The number of aryl methyl sites for hydroxylation is 1. The molecule has 0 bridgehead atoms. The van der Waals surface area contributed by atoms with E-state index in [1.807, 2.05) is 25.1 Å². The topological polar surface area (TPSA) is 112 Å². The van der Waals surface area contributed by atoms with Crippen molar-refractivity contribution < 1.29 is 14.6 Å². The van der Waals surface area contributed by atoms with Crippen LogP contribution in [0.2, 0.25) is 0 Å². The summed E-state index contributed by atoms with van der Waals surface area (Å²) in [6.07, 6.45) is 2.25. The molecule has 0 saturated heterocycles. The Morgan fingerprint density at radius 2 is 2.03 bits per heavy atom. The maximum atomic E-state index is 11.6. The maximum Gasteiger partial charge on any atom is 0.342 e. The van der Waals surface area contributed by atoms with Gasteiger partial charge in [-0.1, -0.05) is 37.3 Å². The lowest BCUT2D eigenvalue weighted by atomic mass is 10.1. The summed E-state index contributed by atoms with van der Waals surface area (Å²) in [5.41, 5.74) is 2.10. The number of aromatic amines is 1. The summed E-state index contributed by atoms with van der Waals surface area (Å²) in [6.45, 7) is 2.21. The molecule has 1 aromatic heterocycles. The van der Waals surface area contributed by atoms with Gasteiger partial charge in [0.2, 0.25) is 5.16 Å². The van der Waals surface area contributed by atoms with E-state index in [1.165, 1.54) is 0 Å². The average Bonchev–Trinajstić information content (AvgIpc) is 3.20. The van der Waals surface area contributed by atoms with E-state index in [2.05, 4.69) is 21.3 Å². The molecule has 2 N–H and O–H groups in total. The monoisotopic (exact) mass is 406 g/mol. The van der Waals surface area contributed by atoms with Gasteiger partial charge in [0, 0.05) is 12.0 Å². The number of nitriles is 1. The molecule has 29 heavy (non-hydrogen) atoms. The van der Waals surface area contributed by atoms with Crippen molar-refractivity contribution in [1.29, 1.82) is 5.26 Å². The zero-order valence-corrected chi connectivity index (χ0v) is 16.4. The summed E-state index contributed by atoms with van der Waals surface area (Å²) >= 11 is 0.990. The van der Waals surface area contributed by atoms with E-state index in [0.717, 1.165) is 17.3 Å². The number of nitrogens with one attached hydrogen (secondary N) is 1. The second kappa shape index (κ2) is 9.57. The van der Waals surface area contributed by atoms with Crippen molar-refractivity contribution in [3.8, 4) is 11.8 Å². The molecule has 8 heteroatoms. The highest BCUT2D eigenvalue weighted by Gasteiger charge is 2.13. The van der Waals surface area contributed by atoms with Gasteiger partial charge < -0.3 is 9.84 Å². The largest absolute Gasteiger partial charge is 0.489 e. The van der Waals surface area contributed by atoms with Gasteiger partial charge in [0.25, 0.3) is 0 Å². The van der Waals surface area contributed by atoms with Gasteiger partial charge in [-0.05, 0) is 41.6 Å². The zero-order valence-electron chi connectivity index (χ0n) is 15.6. The number of carboxylic acids is 1. The van der Waals surface area contributed by atoms with Crippen LogP contribution >= 0.6 is 11.8 Å². The predicted octanol–water partition coefficient (Wildman–Crippen LogP) is 4.04. The molecular formula is C21H18N4O3S. The Kier molecular flexibility index (Phi) is 6.66. The molecule has 0 amide bonds. The fourth-order valence-corrected chi connectivity index (χ4v) is 3.17. The van der Waals surface area contributed by atoms with E-state index in [-0.39, 0.29) is 11.5 Å². The number of benzene rings is 2. The first kappa shape index (κ1) is 20.2. The maximum absolute atomic E-state index is 11.6. The third kappa shape index (κ3) is 5.46. The number of carbonyl (C=O) groups is 1. The van der Waals surface area contributed by atoms with E-state index in [1.54, 1.807) is 36.4 Å². The van der Waals surface area contributed by atoms with E-state index in [0.29, 0.717) is 34.3 Å². The molecular weight excluding hydrogens is 388 g/mol. The third-order valence-corrected chi connectivity index (χ3v) is 4.85. The molecule has 0 aliphatic heterocycles. The molecule has 146 valence electrons. The Labute approximate surface area is 172 Å². The summed E-state index contributed by atoms with van der Waals surface area (Å²) in [7, 11) is 0. The minimum absolute atomic E-state index is 0.114. The Balaban J connectivity index is 1.69. The summed E-state index contributed by atoms with van der Waals surface area (Å²) in [4.78, 5) is 15.9. The van der Waals surface area contributed by atoms with Gasteiger partial charge in [-0.25, -0.2) is 9.78 Å². The smallest absolute Gasteiger partial charge is 0.342 e. The Hall–Kier alpha value is -3.57. The second-order valence-electron chi connectivity index (χ2n) is 5.96. The molecule has 3 aromatic rings. The molecule has 0 aliphatic carbocycles. The predicted molar refractivity (Wildman–Crippen MR) is 109 cm³/mol. The second-order valence-corrected chi connectivity index (χ2v) is 6.97. The van der Waals surface area contributed by atoms with Crippen LogP contribution in [0, 0.1) is 11.3 Å². The number of H-pyrrole nitrogens is 1. The number of thioether (sulfide) groups is 1. The van der Waals surface area contributed by atoms with Crippen molar-refractivity contribution >= 4 is 23.8 Å². The highest BCUT2D eigenvalue weighted by Crippen LogP contribution is 2.26. The van der Waals surface area contributed by atoms with Crippen LogP contribution < -0.4 is 4.74 Å². The van der Waals surface area contributed by atoms with Crippen LogP contribution in [0.4, 0.5) is 0 Å². The lowest BCUT2D eigenvalue weighted by Crippen LogP contribution is -1.98. The van der Waals surface area contributed by atoms with E-state index >= 15 is 0 Å². The number of hydrogen-bond acceptors (Lipinski definition) is 6. The number of hydrogen-bond donors (Lipinski definition) is 2. The fraction of sp³-hybridized carbons (Fsp3) is 0.143. The molecule has 7 nitrogen and oxygen atoms in total. The van der Waals surface area contributed by atoms with Crippen molar-refractivity contribution in [2.75, 3.05) is 0 Å². The van der Waals surface area contributed by atoms with Gasteiger partial charge in [-0.3, -0.25) is 5.10 Å². The van der Waals surface area contributed by atoms with E-state index < -0.39 is 5.97 Å². The first-order valence-corrected chi connectivity index (χ1v) is 9.65. The van der Waals surface area contributed by atoms with Crippen LogP contribution in [-0.4, -0.2) is 26.3 Å². The van der Waals surface area contributed by atoms with Gasteiger partial charge in [0.05, 0.1) is 11.6 Å². The number of ether oxygens (including phenoxy) is 1. The van der Waals surface area contributed by atoms with Crippen LogP contribution in [0.1, 0.15) is 29.4 Å². The van der Waals surface area contributed by atoms with Crippen molar-refractivity contribution in [2.24, 2.45) is 0 Å². The number of aliphatic carboxylic acids is 1. The molecule has 0 spiro atoms. The van der Waals surface area contributed by atoms with Crippen LogP contribution in [0.3, 0.4) is 0 Å². The lowest BCUT2D eigenvalue weighted by Gasteiger charge is -2.08. The molecule has 0 unspecified atom stereocenters. The zero-order chi connectivity index (χ0) is 20.6. The van der Waals surface area contributed by atoms with Gasteiger partial charge in [0.15, 0.2) is 0 Å². The number of carboxylic acid groups (broad SMARTS) is 1. The molecule has 0 fully saturated rings. The summed E-state index contributed by atoms with van der Waals surface area (Å²) in [5, 5.41) is 25.7. The average molecular weight is 406 g/mol. The van der Waals surface area contributed by atoms with E-state index in [4.69, 9.17) is 10.00 Å². The number of aromatic nitrogens is 3. The molecule has 0 aliphatic rings. The molecule has 2 aromatic carbocycles. The van der Waals surface area contributed by atoms with Gasteiger partial charge in [-0.15, -0.1) is 5.10 Å². The van der Waals surface area contributed by atoms with E-state index in [9.17, 15) is 9.90 Å². The van der Waals surface area contributed by atoms with Crippen LogP contribution in [0.15, 0.2) is 58.6 Å². The Morgan fingerprint density at radius 3 is 2.69 bits per heavy atom. The molecule has 1 heterocycles. The fourth-order valence-electron chi connectivity index (χ4n) is 2.44. The first-order chi connectivity index (χ1) is 14.1. The standard InChI is InChI=1S/C21H18N4O3S/c1-2-19-23-21(25-24-19)29-18(20(26)27)11-14-7-9-17(10-8-14)28-13-16-6-4-3-5-15(16)12-22/h3-11H,2,13H2,1H3,(H,26,27)(H,23,24,25)/b18-11+. The SMILES string of the molecule is CCc1nc(S/C(=C/c2ccc(OCc3ccccc3C#N)cc2)C(=O)O)n[nH]1. The normalized spacial score (nSPS) is 11.1. The first-order valence-electron chi connectivity index (χ1n) is 8.84. The molecule has 0 radical (unpaired) electrons. The van der Waals surface area contributed by atoms with Crippen LogP contribution in [0.5, 0.6) is 5.75 Å². The van der Waals surface area contributed by atoms with Gasteiger partial charge >= 0.3 is 5.97 Å². The summed E-state index contributed by atoms with van der Waals surface area (Å²) < 4.78 is 5.74. The minimum atomic E-state index is -1.05. The van der Waals surface area contributed by atoms with Gasteiger partial charge in [0.1, 0.15) is 23.1 Å². The highest BCUT2D eigenvalue weighted by molar-refractivity contribution is 8.04. The molecule has 0 saturated carbocycles. The summed E-state index contributed by atoms with van der Waals surface area (Å²) in [5.74, 6) is 0.281. The molecule has 0 atom stereocenters. The third-order valence-electron chi connectivity index (χ3n) is 3.97.